The third-order valence-electron chi connectivity index (χ3n) is 1.80. The lowest BCUT2D eigenvalue weighted by atomic mass is 10.2. The third kappa shape index (κ3) is 3.54. The van der Waals surface area contributed by atoms with Crippen molar-refractivity contribution in [2.45, 2.75) is 14.3 Å². The number of sulfone groups is 1. The Hall–Kier alpha value is 0.610. The standard InChI is InChI=1S/C9H9Br3O2S/c10-9(11,12)15(13,14)8-6-4-2-1-3-5-7-8/h1-2,4,6-7H,3,5H2/b2-1+,6-4?,8-7?. The molecule has 84 valence electrons. The Morgan fingerprint density at radius 2 is 1.80 bits per heavy atom. The van der Waals surface area contributed by atoms with Crippen LogP contribution in [0.2, 0.25) is 0 Å². The highest BCUT2D eigenvalue weighted by Crippen LogP contribution is 2.43. The number of halogens is 3. The fourth-order valence-electron chi connectivity index (χ4n) is 1.05. The molecule has 0 saturated heterocycles. The van der Waals surface area contributed by atoms with Crippen molar-refractivity contribution in [2.24, 2.45) is 0 Å². The maximum atomic E-state index is 12.0. The molecule has 0 atom stereocenters. The Labute approximate surface area is 115 Å². The fraction of sp³-hybridized carbons (Fsp3) is 0.333. The Balaban J connectivity index is 3.12. The summed E-state index contributed by atoms with van der Waals surface area (Å²) in [6.45, 7) is 0. The van der Waals surface area contributed by atoms with Crippen molar-refractivity contribution in [3.8, 4) is 0 Å². The molecule has 0 radical (unpaired) electrons. The molecular formula is C9H9Br3O2S. The molecule has 0 aromatic rings. The van der Waals surface area contributed by atoms with Gasteiger partial charge in [-0.1, -0.05) is 24.3 Å². The molecule has 0 saturated carbocycles. The minimum Gasteiger partial charge on any atom is -0.220 e. The van der Waals surface area contributed by atoms with Gasteiger partial charge in [-0.05, 0) is 66.7 Å². The molecule has 15 heavy (non-hydrogen) atoms. The number of rotatable bonds is 1. The van der Waals surface area contributed by atoms with E-state index in [0.29, 0.717) is 4.91 Å². The summed E-state index contributed by atoms with van der Waals surface area (Å²) in [5.74, 6) is 0. The second kappa shape index (κ2) is 5.29. The first-order valence-electron chi connectivity index (χ1n) is 4.20. The molecule has 0 fully saturated rings. The number of hydrogen-bond donors (Lipinski definition) is 0. The molecular weight excluding hydrogens is 412 g/mol. The van der Waals surface area contributed by atoms with E-state index in [2.05, 4.69) is 47.8 Å². The zero-order valence-corrected chi connectivity index (χ0v) is 13.2. The minimum atomic E-state index is -3.45. The number of allylic oxidation sites excluding steroid dienone is 5. The second-order valence-electron chi connectivity index (χ2n) is 2.92. The zero-order valence-electron chi connectivity index (χ0n) is 7.66. The minimum absolute atomic E-state index is 0.303. The molecule has 0 spiro atoms. The Bertz CT molecular complexity index is 413. The van der Waals surface area contributed by atoms with E-state index in [-0.39, 0.29) is 0 Å². The number of hydrogen-bond acceptors (Lipinski definition) is 2. The van der Waals surface area contributed by atoms with Crippen molar-refractivity contribution in [3.63, 3.8) is 0 Å². The average molecular weight is 421 g/mol. The number of alkyl halides is 3. The van der Waals surface area contributed by atoms with Gasteiger partial charge < -0.3 is 0 Å². The van der Waals surface area contributed by atoms with Crippen molar-refractivity contribution in [1.29, 1.82) is 0 Å². The molecule has 0 bridgehead atoms. The summed E-state index contributed by atoms with van der Waals surface area (Å²) in [5, 5.41) is 0. The third-order valence-corrected chi connectivity index (χ3v) is 7.17. The van der Waals surface area contributed by atoms with Gasteiger partial charge in [0.1, 0.15) is 0 Å². The van der Waals surface area contributed by atoms with Crippen LogP contribution >= 0.6 is 47.8 Å². The smallest absolute Gasteiger partial charge is 0.220 e. The van der Waals surface area contributed by atoms with Crippen LogP contribution in [-0.2, 0) is 9.84 Å². The monoisotopic (exact) mass is 418 g/mol. The van der Waals surface area contributed by atoms with Crippen LogP contribution in [0.5, 0.6) is 0 Å². The van der Waals surface area contributed by atoms with E-state index in [1.54, 1.807) is 18.2 Å². The SMILES string of the molecule is O=S(=O)(C1=CCC/C=C/C=C1)C(Br)(Br)Br. The lowest BCUT2D eigenvalue weighted by molar-refractivity contribution is 0.605. The molecule has 2 nitrogen and oxygen atoms in total. The van der Waals surface area contributed by atoms with Crippen LogP contribution < -0.4 is 0 Å². The van der Waals surface area contributed by atoms with Crippen molar-refractivity contribution in [1.82, 2.24) is 0 Å². The predicted octanol–water partition coefficient (Wildman–Crippen LogP) is 3.99. The first-order chi connectivity index (χ1) is 6.86. The van der Waals surface area contributed by atoms with Crippen LogP contribution in [0.3, 0.4) is 0 Å². The van der Waals surface area contributed by atoms with Crippen LogP contribution in [0, 0.1) is 0 Å². The summed E-state index contributed by atoms with van der Waals surface area (Å²) in [6.07, 6.45) is 10.4. The van der Waals surface area contributed by atoms with Crippen LogP contribution in [0.25, 0.3) is 0 Å². The lowest BCUT2D eigenvalue weighted by Gasteiger charge is -2.14. The molecule has 0 heterocycles. The van der Waals surface area contributed by atoms with Gasteiger partial charge in [0.25, 0.3) is 0 Å². The van der Waals surface area contributed by atoms with Crippen molar-refractivity contribution >= 4 is 57.6 Å². The van der Waals surface area contributed by atoms with Gasteiger partial charge in [0.2, 0.25) is 11.3 Å². The maximum Gasteiger partial charge on any atom is 0.239 e. The van der Waals surface area contributed by atoms with Gasteiger partial charge in [0.15, 0.2) is 0 Å². The highest BCUT2D eigenvalue weighted by molar-refractivity contribution is 9.42. The highest BCUT2D eigenvalue weighted by Gasteiger charge is 2.37. The van der Waals surface area contributed by atoms with Crippen LogP contribution in [-0.4, -0.2) is 9.89 Å². The first kappa shape index (κ1) is 13.7. The molecule has 1 aliphatic carbocycles. The molecule has 0 amide bonds. The average Bonchev–Trinajstić information content (AvgIpc) is 1.99. The maximum absolute atomic E-state index is 12.0. The molecule has 0 aromatic carbocycles. The predicted molar refractivity (Wildman–Crippen MR) is 74.0 cm³/mol. The Morgan fingerprint density at radius 3 is 2.40 bits per heavy atom. The second-order valence-corrected chi connectivity index (χ2v) is 13.3. The van der Waals surface area contributed by atoms with E-state index in [0.717, 1.165) is 12.8 Å². The van der Waals surface area contributed by atoms with Gasteiger partial charge in [-0.15, -0.1) is 0 Å². The highest BCUT2D eigenvalue weighted by atomic mass is 80.0. The van der Waals surface area contributed by atoms with Crippen molar-refractivity contribution in [3.05, 3.63) is 35.3 Å². The van der Waals surface area contributed by atoms with E-state index in [1.807, 2.05) is 12.2 Å². The summed E-state index contributed by atoms with van der Waals surface area (Å²) in [5.41, 5.74) is 0. The molecule has 0 unspecified atom stereocenters. The lowest BCUT2D eigenvalue weighted by Crippen LogP contribution is -2.19. The quantitative estimate of drug-likeness (QED) is 0.601. The largest absolute Gasteiger partial charge is 0.239 e. The van der Waals surface area contributed by atoms with E-state index in [4.69, 9.17) is 0 Å². The normalized spacial score (nSPS) is 20.3. The van der Waals surface area contributed by atoms with Gasteiger partial charge in [-0.3, -0.25) is 0 Å². The van der Waals surface area contributed by atoms with Crippen molar-refractivity contribution < 1.29 is 8.42 Å². The molecule has 6 heteroatoms. The van der Waals surface area contributed by atoms with Gasteiger partial charge >= 0.3 is 0 Å². The molecule has 0 aromatic heterocycles. The summed E-state index contributed by atoms with van der Waals surface area (Å²) < 4.78 is 22.7. The topological polar surface area (TPSA) is 34.1 Å². The Morgan fingerprint density at radius 1 is 1.13 bits per heavy atom. The fourth-order valence-corrected chi connectivity index (χ4v) is 3.59. The van der Waals surface area contributed by atoms with E-state index < -0.39 is 11.3 Å². The van der Waals surface area contributed by atoms with E-state index in [9.17, 15) is 8.42 Å². The van der Waals surface area contributed by atoms with Crippen LogP contribution in [0.4, 0.5) is 0 Å². The molecule has 1 aliphatic rings. The summed E-state index contributed by atoms with van der Waals surface area (Å²) in [7, 11) is -3.45. The molecule has 0 N–H and O–H groups in total. The van der Waals surface area contributed by atoms with Gasteiger partial charge in [-0.2, -0.15) is 0 Å². The molecule has 0 aliphatic heterocycles. The van der Waals surface area contributed by atoms with Gasteiger partial charge in [0.05, 0.1) is 4.91 Å². The van der Waals surface area contributed by atoms with Crippen molar-refractivity contribution in [2.75, 3.05) is 0 Å². The van der Waals surface area contributed by atoms with E-state index >= 15 is 0 Å². The van der Waals surface area contributed by atoms with Crippen LogP contribution in [0.1, 0.15) is 12.8 Å². The Kier molecular flexibility index (Phi) is 4.83. The van der Waals surface area contributed by atoms with Crippen LogP contribution in [0.15, 0.2) is 35.3 Å². The van der Waals surface area contributed by atoms with Gasteiger partial charge in [0, 0.05) is 0 Å². The first-order valence-corrected chi connectivity index (χ1v) is 8.06. The van der Waals surface area contributed by atoms with E-state index in [1.165, 1.54) is 0 Å². The zero-order chi connectivity index (χ0) is 11.5. The summed E-state index contributed by atoms with van der Waals surface area (Å²) >= 11 is 9.10. The summed E-state index contributed by atoms with van der Waals surface area (Å²) in [6, 6.07) is 0. The summed E-state index contributed by atoms with van der Waals surface area (Å²) in [4.78, 5) is 0.303. The molecule has 1 rings (SSSR count). The van der Waals surface area contributed by atoms with Gasteiger partial charge in [-0.25, -0.2) is 8.42 Å².